The van der Waals surface area contributed by atoms with Crippen LogP contribution in [-0.4, -0.2) is 15.4 Å². The molecule has 2 heterocycles. The van der Waals surface area contributed by atoms with Crippen LogP contribution in [0, 0.1) is 6.92 Å². The van der Waals surface area contributed by atoms with E-state index in [2.05, 4.69) is 0 Å². The van der Waals surface area contributed by atoms with E-state index in [4.69, 9.17) is 11.6 Å². The molecule has 0 N–H and O–H groups in total. The van der Waals surface area contributed by atoms with Crippen LogP contribution in [0.5, 0.6) is 0 Å². The first-order valence-electron chi connectivity index (χ1n) is 7.44. The van der Waals surface area contributed by atoms with Gasteiger partial charge >= 0.3 is 6.18 Å². The van der Waals surface area contributed by atoms with Crippen LogP contribution in [0.1, 0.15) is 32.7 Å². The molecule has 4 nitrogen and oxygen atoms in total. The number of carbonyl (C=O) groups excluding carboxylic acids is 1. The number of fused-ring (bicyclic) bond motifs is 1. The number of rotatable bonds is 1. The van der Waals surface area contributed by atoms with Gasteiger partial charge in [0.25, 0.3) is 11.5 Å². The summed E-state index contributed by atoms with van der Waals surface area (Å²) in [5.74, 6) is -0.523. The fraction of sp³-hybridized carbons (Fsp3) is 0.294. The average Bonchev–Trinajstić information content (AvgIpc) is 3.02. The van der Waals surface area contributed by atoms with E-state index in [0.717, 1.165) is 17.7 Å². The molecule has 0 unspecified atom stereocenters. The molecule has 0 fully saturated rings. The SMILES string of the molecule is Cc1c2c(n(C)c(=O)c1Cl)CN(C(=O)c1cccc(C(F)(F)F)c1)C2. The Labute approximate surface area is 146 Å². The van der Waals surface area contributed by atoms with Crippen molar-refractivity contribution < 1.29 is 18.0 Å². The number of benzene rings is 1. The summed E-state index contributed by atoms with van der Waals surface area (Å²) in [5.41, 5.74) is 0.725. The Morgan fingerprint density at radius 2 is 1.92 bits per heavy atom. The number of hydrogen-bond donors (Lipinski definition) is 0. The number of aromatic nitrogens is 1. The normalized spacial score (nSPS) is 13.9. The largest absolute Gasteiger partial charge is 0.416 e. The summed E-state index contributed by atoms with van der Waals surface area (Å²) in [4.78, 5) is 26.1. The zero-order valence-corrected chi connectivity index (χ0v) is 14.2. The fourth-order valence-electron chi connectivity index (χ4n) is 2.98. The maximum absolute atomic E-state index is 12.8. The first-order valence-corrected chi connectivity index (χ1v) is 7.82. The Kier molecular flexibility index (Phi) is 4.15. The first-order chi connectivity index (χ1) is 11.6. The van der Waals surface area contributed by atoms with Gasteiger partial charge in [-0.05, 0) is 36.2 Å². The zero-order valence-electron chi connectivity index (χ0n) is 13.4. The van der Waals surface area contributed by atoms with Crippen molar-refractivity contribution in [2.45, 2.75) is 26.2 Å². The van der Waals surface area contributed by atoms with E-state index in [0.29, 0.717) is 11.3 Å². The van der Waals surface area contributed by atoms with Gasteiger partial charge in [-0.2, -0.15) is 13.2 Å². The summed E-state index contributed by atoms with van der Waals surface area (Å²) in [5, 5.41) is 0.0922. The van der Waals surface area contributed by atoms with Gasteiger partial charge in [-0.1, -0.05) is 17.7 Å². The second-order valence-electron chi connectivity index (χ2n) is 5.97. The van der Waals surface area contributed by atoms with Gasteiger partial charge in [-0.25, -0.2) is 0 Å². The Morgan fingerprint density at radius 3 is 2.56 bits per heavy atom. The molecule has 0 radical (unpaired) electrons. The van der Waals surface area contributed by atoms with Crippen molar-refractivity contribution in [3.63, 3.8) is 0 Å². The Bertz CT molecular complexity index is 935. The second kappa shape index (κ2) is 5.91. The van der Waals surface area contributed by atoms with E-state index in [1.807, 2.05) is 0 Å². The van der Waals surface area contributed by atoms with Gasteiger partial charge in [0.1, 0.15) is 5.02 Å². The summed E-state index contributed by atoms with van der Waals surface area (Å²) in [6.07, 6.45) is -4.52. The van der Waals surface area contributed by atoms with Crippen molar-refractivity contribution in [1.82, 2.24) is 9.47 Å². The third-order valence-electron chi connectivity index (χ3n) is 4.44. The van der Waals surface area contributed by atoms with Crippen molar-refractivity contribution in [1.29, 1.82) is 0 Å². The van der Waals surface area contributed by atoms with Gasteiger partial charge in [0.15, 0.2) is 0 Å². The zero-order chi connectivity index (χ0) is 18.5. The maximum Gasteiger partial charge on any atom is 0.416 e. The van der Waals surface area contributed by atoms with Crippen LogP contribution in [0.4, 0.5) is 13.2 Å². The van der Waals surface area contributed by atoms with Crippen molar-refractivity contribution in [3.05, 3.63) is 67.6 Å². The highest BCUT2D eigenvalue weighted by molar-refractivity contribution is 6.31. The van der Waals surface area contributed by atoms with E-state index >= 15 is 0 Å². The molecular formula is C17H14ClF3N2O2. The number of amides is 1. The molecule has 0 saturated heterocycles. The van der Waals surface area contributed by atoms with Gasteiger partial charge < -0.3 is 9.47 Å². The fourth-order valence-corrected chi connectivity index (χ4v) is 3.22. The van der Waals surface area contributed by atoms with Crippen LogP contribution >= 0.6 is 11.6 Å². The summed E-state index contributed by atoms with van der Waals surface area (Å²) in [7, 11) is 1.56. The lowest BCUT2D eigenvalue weighted by Crippen LogP contribution is -2.26. The Hall–Kier alpha value is -2.28. The van der Waals surface area contributed by atoms with Gasteiger partial charge in [0.05, 0.1) is 12.1 Å². The Morgan fingerprint density at radius 1 is 1.24 bits per heavy atom. The summed E-state index contributed by atoms with van der Waals surface area (Å²) in [6.45, 7) is 2.04. The molecule has 0 atom stereocenters. The standard InChI is InChI=1S/C17H14ClF3N2O2/c1-9-12-7-23(8-13(12)22(2)16(25)14(9)18)15(24)10-4-3-5-11(6-10)17(19,20)21/h3-6H,7-8H2,1-2H3. The molecule has 1 aromatic heterocycles. The minimum Gasteiger partial charge on any atom is -0.328 e. The van der Waals surface area contributed by atoms with Crippen molar-refractivity contribution in [2.24, 2.45) is 7.05 Å². The molecule has 8 heteroatoms. The lowest BCUT2D eigenvalue weighted by molar-refractivity contribution is -0.137. The smallest absolute Gasteiger partial charge is 0.328 e. The van der Waals surface area contributed by atoms with Gasteiger partial charge in [-0.3, -0.25) is 9.59 Å². The maximum atomic E-state index is 12.8. The Balaban J connectivity index is 1.95. The van der Waals surface area contributed by atoms with E-state index in [-0.39, 0.29) is 29.2 Å². The molecule has 1 aliphatic heterocycles. The predicted octanol–water partition coefficient (Wildman–Crippen LogP) is 3.52. The number of pyridine rings is 1. The first kappa shape index (κ1) is 17.5. The summed E-state index contributed by atoms with van der Waals surface area (Å²) < 4.78 is 39.9. The third-order valence-corrected chi connectivity index (χ3v) is 4.89. The van der Waals surface area contributed by atoms with Crippen molar-refractivity contribution in [3.8, 4) is 0 Å². The minimum absolute atomic E-state index is 0.0450. The summed E-state index contributed by atoms with van der Waals surface area (Å²) >= 11 is 6.02. The molecule has 0 spiro atoms. The van der Waals surface area contributed by atoms with Gasteiger partial charge in [0.2, 0.25) is 0 Å². The highest BCUT2D eigenvalue weighted by atomic mass is 35.5. The molecule has 0 bridgehead atoms. The lowest BCUT2D eigenvalue weighted by Gasteiger charge is -2.16. The van der Waals surface area contributed by atoms with Crippen LogP contribution in [-0.2, 0) is 26.3 Å². The van der Waals surface area contributed by atoms with Gasteiger partial charge in [-0.15, -0.1) is 0 Å². The van der Waals surface area contributed by atoms with Crippen LogP contribution < -0.4 is 5.56 Å². The topological polar surface area (TPSA) is 42.3 Å². The monoisotopic (exact) mass is 370 g/mol. The number of hydrogen-bond acceptors (Lipinski definition) is 2. The number of carbonyl (C=O) groups is 1. The third kappa shape index (κ3) is 2.93. The van der Waals surface area contributed by atoms with E-state index in [1.165, 1.54) is 21.6 Å². The number of alkyl halides is 3. The van der Waals surface area contributed by atoms with Gasteiger partial charge in [0, 0.05) is 24.8 Å². The molecule has 0 aliphatic carbocycles. The molecule has 25 heavy (non-hydrogen) atoms. The average molecular weight is 371 g/mol. The lowest BCUT2D eigenvalue weighted by atomic mass is 10.1. The van der Waals surface area contributed by atoms with Crippen LogP contribution in [0.2, 0.25) is 5.02 Å². The van der Waals surface area contributed by atoms with E-state index in [9.17, 15) is 22.8 Å². The molecule has 132 valence electrons. The van der Waals surface area contributed by atoms with Crippen LogP contribution in [0.15, 0.2) is 29.1 Å². The van der Waals surface area contributed by atoms with Crippen LogP contribution in [0.25, 0.3) is 0 Å². The minimum atomic E-state index is -4.52. The molecular weight excluding hydrogens is 357 g/mol. The molecule has 1 aliphatic rings. The highest BCUT2D eigenvalue weighted by Crippen LogP contribution is 2.31. The van der Waals surface area contributed by atoms with Crippen molar-refractivity contribution >= 4 is 17.5 Å². The molecule has 0 saturated carbocycles. The predicted molar refractivity (Wildman–Crippen MR) is 86.5 cm³/mol. The molecule has 1 amide bonds. The summed E-state index contributed by atoms with van der Waals surface area (Å²) in [6, 6.07) is 4.31. The van der Waals surface area contributed by atoms with Crippen molar-refractivity contribution in [2.75, 3.05) is 0 Å². The molecule has 3 rings (SSSR count). The molecule has 2 aromatic rings. The quantitative estimate of drug-likeness (QED) is 0.770. The van der Waals surface area contributed by atoms with Crippen LogP contribution in [0.3, 0.4) is 0 Å². The number of nitrogens with zero attached hydrogens (tertiary/aromatic N) is 2. The molecule has 1 aromatic carbocycles. The second-order valence-corrected chi connectivity index (χ2v) is 6.35. The van der Waals surface area contributed by atoms with E-state index < -0.39 is 17.6 Å². The number of halogens is 4. The highest BCUT2D eigenvalue weighted by Gasteiger charge is 2.33. The van der Waals surface area contributed by atoms with E-state index in [1.54, 1.807) is 14.0 Å².